The predicted molar refractivity (Wildman–Crippen MR) is 72.4 cm³/mol. The molecule has 2 rings (SSSR count). The van der Waals surface area contributed by atoms with Crippen LogP contribution in [-0.4, -0.2) is 24.6 Å². The minimum absolute atomic E-state index is 0.727. The third-order valence-corrected chi connectivity index (χ3v) is 3.29. The Hall–Kier alpha value is -1.09. The summed E-state index contributed by atoms with van der Waals surface area (Å²) >= 11 is 0. The van der Waals surface area contributed by atoms with Crippen LogP contribution in [0.5, 0.6) is 0 Å². The van der Waals surface area contributed by atoms with E-state index in [1.807, 2.05) is 6.20 Å². The minimum Gasteiger partial charge on any atom is -0.356 e. The summed E-state index contributed by atoms with van der Waals surface area (Å²) in [6, 6.07) is 2.98. The number of hydrogen-bond donors (Lipinski definition) is 1. The number of anilines is 1. The Balaban J connectivity index is 2.00. The maximum atomic E-state index is 4.60. The van der Waals surface area contributed by atoms with Crippen molar-refractivity contribution >= 4 is 5.82 Å². The Morgan fingerprint density at radius 3 is 2.82 bits per heavy atom. The van der Waals surface area contributed by atoms with Crippen LogP contribution in [0.3, 0.4) is 0 Å². The van der Waals surface area contributed by atoms with E-state index in [1.165, 1.54) is 30.4 Å². The number of rotatable bonds is 6. The quantitative estimate of drug-likeness (QED) is 0.765. The van der Waals surface area contributed by atoms with E-state index < -0.39 is 0 Å². The van der Waals surface area contributed by atoms with Crippen LogP contribution in [0.4, 0.5) is 5.82 Å². The van der Waals surface area contributed by atoms with Gasteiger partial charge in [0.05, 0.1) is 0 Å². The molecule has 1 N–H and O–H groups in total. The molecule has 17 heavy (non-hydrogen) atoms. The van der Waals surface area contributed by atoms with Gasteiger partial charge in [0.25, 0.3) is 0 Å². The maximum Gasteiger partial charge on any atom is 0.131 e. The maximum absolute atomic E-state index is 4.60. The molecule has 0 saturated heterocycles. The van der Waals surface area contributed by atoms with Crippen molar-refractivity contribution in [3.05, 3.63) is 23.4 Å². The van der Waals surface area contributed by atoms with E-state index in [-0.39, 0.29) is 0 Å². The number of aromatic nitrogens is 1. The van der Waals surface area contributed by atoms with Crippen LogP contribution in [0.25, 0.3) is 0 Å². The first-order chi connectivity index (χ1) is 8.22. The van der Waals surface area contributed by atoms with Gasteiger partial charge >= 0.3 is 0 Å². The van der Waals surface area contributed by atoms with Crippen LogP contribution < -0.4 is 10.2 Å². The zero-order valence-electron chi connectivity index (χ0n) is 11.2. The van der Waals surface area contributed by atoms with E-state index in [9.17, 15) is 0 Å². The number of hydrogen-bond acceptors (Lipinski definition) is 3. The second-order valence-electron chi connectivity index (χ2n) is 5.00. The molecule has 1 heterocycles. The molecule has 3 heteroatoms. The standard InChI is InChI=1S/C14H23N3/c1-4-7-15-9-12-8-11(2)14(16-10-12)17(3)13-5-6-13/h8,10,13,15H,4-7,9H2,1-3H3. The van der Waals surface area contributed by atoms with Gasteiger partial charge in [0.15, 0.2) is 0 Å². The first-order valence-corrected chi connectivity index (χ1v) is 6.61. The fraction of sp³-hybridized carbons (Fsp3) is 0.643. The summed E-state index contributed by atoms with van der Waals surface area (Å²) < 4.78 is 0. The lowest BCUT2D eigenvalue weighted by Crippen LogP contribution is -2.22. The highest BCUT2D eigenvalue weighted by molar-refractivity contribution is 5.48. The molecule has 0 bridgehead atoms. The van der Waals surface area contributed by atoms with Crippen molar-refractivity contribution in [2.24, 2.45) is 0 Å². The molecule has 0 aromatic carbocycles. The lowest BCUT2D eigenvalue weighted by Gasteiger charge is -2.20. The first-order valence-electron chi connectivity index (χ1n) is 6.61. The molecule has 1 fully saturated rings. The molecule has 0 radical (unpaired) electrons. The zero-order chi connectivity index (χ0) is 12.3. The molecule has 1 saturated carbocycles. The predicted octanol–water partition coefficient (Wildman–Crippen LogP) is 2.49. The van der Waals surface area contributed by atoms with Gasteiger partial charge in [-0.05, 0) is 49.9 Å². The normalized spacial score (nSPS) is 15.0. The molecule has 0 unspecified atom stereocenters. The van der Waals surface area contributed by atoms with Crippen LogP contribution >= 0.6 is 0 Å². The molecule has 94 valence electrons. The Labute approximate surface area is 104 Å². The van der Waals surface area contributed by atoms with Crippen LogP contribution in [0.2, 0.25) is 0 Å². The lowest BCUT2D eigenvalue weighted by atomic mass is 10.2. The molecular formula is C14H23N3. The van der Waals surface area contributed by atoms with E-state index in [1.54, 1.807) is 0 Å². The molecule has 1 aromatic rings. The van der Waals surface area contributed by atoms with Crippen molar-refractivity contribution in [1.29, 1.82) is 0 Å². The van der Waals surface area contributed by atoms with Crippen molar-refractivity contribution in [3.8, 4) is 0 Å². The lowest BCUT2D eigenvalue weighted by molar-refractivity contribution is 0.673. The summed E-state index contributed by atoms with van der Waals surface area (Å²) in [5.74, 6) is 1.15. The molecule has 1 aromatic heterocycles. The van der Waals surface area contributed by atoms with Gasteiger partial charge in [-0.1, -0.05) is 6.92 Å². The van der Waals surface area contributed by atoms with Crippen molar-refractivity contribution in [3.63, 3.8) is 0 Å². The fourth-order valence-electron chi connectivity index (χ4n) is 2.14. The zero-order valence-corrected chi connectivity index (χ0v) is 11.2. The minimum atomic E-state index is 0.727. The van der Waals surface area contributed by atoms with Gasteiger partial charge in [0.2, 0.25) is 0 Å². The molecule has 0 spiro atoms. The highest BCUT2D eigenvalue weighted by Crippen LogP contribution is 2.30. The second kappa shape index (κ2) is 5.50. The van der Waals surface area contributed by atoms with Crippen molar-refractivity contribution in [2.45, 2.75) is 45.7 Å². The summed E-state index contributed by atoms with van der Waals surface area (Å²) in [4.78, 5) is 6.92. The van der Waals surface area contributed by atoms with E-state index in [0.717, 1.165) is 24.9 Å². The molecule has 0 aliphatic heterocycles. The third-order valence-electron chi connectivity index (χ3n) is 3.29. The van der Waals surface area contributed by atoms with Gasteiger partial charge < -0.3 is 10.2 Å². The Morgan fingerprint density at radius 1 is 1.47 bits per heavy atom. The average Bonchev–Trinajstić information content (AvgIpc) is 3.13. The van der Waals surface area contributed by atoms with Crippen molar-refractivity contribution in [2.75, 3.05) is 18.5 Å². The van der Waals surface area contributed by atoms with Gasteiger partial charge in [-0.3, -0.25) is 0 Å². The van der Waals surface area contributed by atoms with Crippen molar-refractivity contribution in [1.82, 2.24) is 10.3 Å². The Kier molecular flexibility index (Phi) is 4.00. The van der Waals surface area contributed by atoms with Gasteiger partial charge in [0, 0.05) is 25.8 Å². The summed E-state index contributed by atoms with van der Waals surface area (Å²) in [6.45, 7) is 6.34. The SMILES string of the molecule is CCCNCc1cnc(N(C)C2CC2)c(C)c1. The second-order valence-corrected chi connectivity index (χ2v) is 5.00. The number of pyridine rings is 1. The van der Waals surface area contributed by atoms with Crippen molar-refractivity contribution < 1.29 is 0 Å². The van der Waals surface area contributed by atoms with Crippen LogP contribution in [0, 0.1) is 6.92 Å². The topological polar surface area (TPSA) is 28.2 Å². The summed E-state index contributed by atoms with van der Waals surface area (Å²) in [7, 11) is 2.15. The first kappa shape index (κ1) is 12.4. The van der Waals surface area contributed by atoms with Gasteiger partial charge in [0.1, 0.15) is 5.82 Å². The average molecular weight is 233 g/mol. The van der Waals surface area contributed by atoms with E-state index in [4.69, 9.17) is 0 Å². The number of nitrogens with one attached hydrogen (secondary N) is 1. The highest BCUT2D eigenvalue weighted by Gasteiger charge is 2.27. The van der Waals surface area contributed by atoms with Crippen LogP contribution in [0.1, 0.15) is 37.3 Å². The largest absolute Gasteiger partial charge is 0.356 e. The Bertz CT molecular complexity index is 372. The van der Waals surface area contributed by atoms with E-state index in [0.29, 0.717) is 0 Å². The third kappa shape index (κ3) is 3.19. The molecule has 0 atom stereocenters. The van der Waals surface area contributed by atoms with E-state index >= 15 is 0 Å². The molecule has 0 amide bonds. The summed E-state index contributed by atoms with van der Waals surface area (Å²) in [5.41, 5.74) is 2.57. The van der Waals surface area contributed by atoms with E-state index in [2.05, 4.69) is 42.2 Å². The Morgan fingerprint density at radius 2 is 2.24 bits per heavy atom. The van der Waals surface area contributed by atoms with Gasteiger partial charge in [-0.15, -0.1) is 0 Å². The number of aryl methyl sites for hydroxylation is 1. The van der Waals surface area contributed by atoms with Gasteiger partial charge in [-0.2, -0.15) is 0 Å². The van der Waals surface area contributed by atoms with Gasteiger partial charge in [-0.25, -0.2) is 4.98 Å². The molecule has 1 aliphatic rings. The van der Waals surface area contributed by atoms with Crippen LogP contribution in [-0.2, 0) is 6.54 Å². The summed E-state index contributed by atoms with van der Waals surface area (Å²) in [5, 5.41) is 3.41. The molecular weight excluding hydrogens is 210 g/mol. The number of nitrogens with zero attached hydrogens (tertiary/aromatic N) is 2. The monoisotopic (exact) mass is 233 g/mol. The smallest absolute Gasteiger partial charge is 0.131 e. The molecule has 3 nitrogen and oxygen atoms in total. The van der Waals surface area contributed by atoms with Crippen LogP contribution in [0.15, 0.2) is 12.3 Å². The highest BCUT2D eigenvalue weighted by atomic mass is 15.2. The fourth-order valence-corrected chi connectivity index (χ4v) is 2.14. The molecule has 1 aliphatic carbocycles. The summed E-state index contributed by atoms with van der Waals surface area (Å²) in [6.07, 6.45) is 5.81.